The van der Waals surface area contributed by atoms with Crippen LogP contribution < -0.4 is 10.6 Å². The largest absolute Gasteiger partial charge is 0.445 e. The van der Waals surface area contributed by atoms with Crippen LogP contribution in [0.15, 0.2) is 30.2 Å². The standard InChI is InChI=1S/C25H33N3O5S2/c1-4-9-33-23(32)28-22-27-21-16(11-20(31)26-13-15-6-5-10-34-15)24(2)8-7-19(30)25(3,14-29)18(24)12-17(21)35-22/h4-6,10,16,18-19,29-30H,1,7-9,11-14H2,2-3H3,(H,26,31)(H,27,28,32). The van der Waals surface area contributed by atoms with E-state index in [4.69, 9.17) is 9.72 Å². The number of ether oxygens (including phenoxy) is 1. The number of aromatic nitrogens is 1. The van der Waals surface area contributed by atoms with Gasteiger partial charge in [-0.05, 0) is 42.0 Å². The van der Waals surface area contributed by atoms with Crippen molar-refractivity contribution in [3.8, 4) is 0 Å². The molecule has 2 aromatic heterocycles. The second kappa shape index (κ2) is 10.4. The molecule has 0 spiro atoms. The number of nitrogens with zero attached hydrogens (tertiary/aromatic N) is 1. The lowest BCUT2D eigenvalue weighted by Gasteiger charge is -2.58. The van der Waals surface area contributed by atoms with Gasteiger partial charge in [-0.2, -0.15) is 0 Å². The fraction of sp³-hybridized carbons (Fsp3) is 0.560. The van der Waals surface area contributed by atoms with Gasteiger partial charge < -0.3 is 20.3 Å². The SMILES string of the molecule is C=CCOC(=O)Nc1nc2c(s1)CC1C(C)(CO)C(O)CCC1(C)C2CC(=O)NCc1cccs1. The second-order valence-corrected chi connectivity index (χ2v) is 12.0. The van der Waals surface area contributed by atoms with E-state index in [0.717, 1.165) is 21.9 Å². The molecule has 0 radical (unpaired) electrons. The Hall–Kier alpha value is -2.27. The summed E-state index contributed by atoms with van der Waals surface area (Å²) in [4.78, 5) is 32.0. The predicted molar refractivity (Wildman–Crippen MR) is 137 cm³/mol. The van der Waals surface area contributed by atoms with Gasteiger partial charge in [0.1, 0.15) is 6.61 Å². The predicted octanol–water partition coefficient (Wildman–Crippen LogP) is 4.06. The van der Waals surface area contributed by atoms with Crippen molar-refractivity contribution in [1.29, 1.82) is 0 Å². The van der Waals surface area contributed by atoms with E-state index in [1.807, 2.05) is 24.4 Å². The van der Waals surface area contributed by atoms with Crippen LogP contribution in [-0.2, 0) is 22.5 Å². The summed E-state index contributed by atoms with van der Waals surface area (Å²) >= 11 is 2.96. The maximum absolute atomic E-state index is 13.1. The Morgan fingerprint density at radius 2 is 2.20 bits per heavy atom. The van der Waals surface area contributed by atoms with E-state index in [1.165, 1.54) is 17.4 Å². The van der Waals surface area contributed by atoms with Gasteiger partial charge in [0.15, 0.2) is 5.13 Å². The summed E-state index contributed by atoms with van der Waals surface area (Å²) in [7, 11) is 0. The van der Waals surface area contributed by atoms with Crippen molar-refractivity contribution in [2.45, 2.75) is 58.1 Å². The molecule has 8 nitrogen and oxygen atoms in total. The lowest BCUT2D eigenvalue weighted by atomic mass is 9.47. The number of anilines is 1. The van der Waals surface area contributed by atoms with Crippen molar-refractivity contribution in [3.63, 3.8) is 0 Å². The molecule has 2 aliphatic rings. The van der Waals surface area contributed by atoms with Gasteiger partial charge in [0, 0.05) is 27.5 Å². The van der Waals surface area contributed by atoms with Crippen molar-refractivity contribution in [1.82, 2.24) is 10.3 Å². The van der Waals surface area contributed by atoms with Crippen molar-refractivity contribution in [2.75, 3.05) is 18.5 Å². The van der Waals surface area contributed by atoms with E-state index in [9.17, 15) is 19.8 Å². The molecule has 10 heteroatoms. The highest BCUT2D eigenvalue weighted by Gasteiger charge is 2.59. The Bertz CT molecular complexity index is 1070. The summed E-state index contributed by atoms with van der Waals surface area (Å²) in [5.41, 5.74) is -0.231. The van der Waals surface area contributed by atoms with E-state index in [2.05, 4.69) is 24.1 Å². The highest BCUT2D eigenvalue weighted by Crippen LogP contribution is 2.62. The van der Waals surface area contributed by atoms with Gasteiger partial charge in [0.25, 0.3) is 0 Å². The lowest BCUT2D eigenvalue weighted by Crippen LogP contribution is -2.57. The zero-order valence-corrected chi connectivity index (χ0v) is 21.7. The first-order valence-corrected chi connectivity index (χ1v) is 13.5. The Kier molecular flexibility index (Phi) is 7.65. The molecular weight excluding hydrogens is 486 g/mol. The molecule has 5 unspecified atom stereocenters. The summed E-state index contributed by atoms with van der Waals surface area (Å²) in [6.45, 7) is 8.06. The molecule has 0 saturated heterocycles. The maximum atomic E-state index is 13.1. The van der Waals surface area contributed by atoms with Gasteiger partial charge in [-0.1, -0.05) is 32.6 Å². The fourth-order valence-corrected chi connectivity index (χ4v) is 7.51. The number of rotatable bonds is 8. The normalized spacial score (nSPS) is 29.5. The minimum absolute atomic E-state index is 0.0487. The minimum Gasteiger partial charge on any atom is -0.445 e. The molecule has 0 bridgehead atoms. The van der Waals surface area contributed by atoms with E-state index >= 15 is 0 Å². The van der Waals surface area contributed by atoms with E-state index in [0.29, 0.717) is 24.5 Å². The Morgan fingerprint density at radius 1 is 1.40 bits per heavy atom. The van der Waals surface area contributed by atoms with Crippen LogP contribution in [0, 0.1) is 16.7 Å². The number of amides is 2. The van der Waals surface area contributed by atoms with Crippen LogP contribution in [0.3, 0.4) is 0 Å². The molecule has 2 amide bonds. The quantitative estimate of drug-likeness (QED) is 0.390. The molecule has 4 rings (SSSR count). The number of nitrogens with one attached hydrogen (secondary N) is 2. The fourth-order valence-electron chi connectivity index (χ4n) is 5.81. The summed E-state index contributed by atoms with van der Waals surface area (Å²) in [6, 6.07) is 3.94. The topological polar surface area (TPSA) is 121 Å². The molecular formula is C25H33N3O5S2. The zero-order valence-electron chi connectivity index (χ0n) is 20.1. The molecule has 2 heterocycles. The zero-order chi connectivity index (χ0) is 25.2. The molecule has 0 aliphatic heterocycles. The number of aliphatic hydroxyl groups excluding tert-OH is 2. The summed E-state index contributed by atoms with van der Waals surface area (Å²) in [5, 5.41) is 29.3. The summed E-state index contributed by atoms with van der Waals surface area (Å²) in [5.74, 6) is -0.331. The molecule has 190 valence electrons. The number of aliphatic hydroxyl groups is 2. The van der Waals surface area contributed by atoms with Gasteiger partial charge in [0.2, 0.25) is 5.91 Å². The molecule has 0 aromatic carbocycles. The van der Waals surface area contributed by atoms with Gasteiger partial charge in [0.05, 0.1) is 24.9 Å². The number of hydrogen-bond donors (Lipinski definition) is 4. The third-order valence-electron chi connectivity index (χ3n) is 7.86. The Morgan fingerprint density at radius 3 is 2.89 bits per heavy atom. The first kappa shape index (κ1) is 25.8. The number of carbonyl (C=O) groups is 2. The van der Waals surface area contributed by atoms with Crippen LogP contribution in [0.25, 0.3) is 0 Å². The van der Waals surface area contributed by atoms with Gasteiger partial charge in [-0.25, -0.2) is 9.78 Å². The highest BCUT2D eigenvalue weighted by molar-refractivity contribution is 7.15. The van der Waals surface area contributed by atoms with Crippen LogP contribution in [0.1, 0.15) is 54.5 Å². The number of thiophene rings is 1. The first-order chi connectivity index (χ1) is 16.7. The lowest BCUT2D eigenvalue weighted by molar-refractivity contribution is -0.144. The number of fused-ring (bicyclic) bond motifs is 2. The summed E-state index contributed by atoms with van der Waals surface area (Å²) < 4.78 is 5.03. The molecule has 2 aliphatic carbocycles. The Labute approximate surface area is 213 Å². The molecule has 35 heavy (non-hydrogen) atoms. The molecule has 5 atom stereocenters. The molecule has 1 saturated carbocycles. The number of hydrogen-bond acceptors (Lipinski definition) is 8. The van der Waals surface area contributed by atoms with Gasteiger partial charge in [-0.15, -0.1) is 22.7 Å². The van der Waals surface area contributed by atoms with Crippen molar-refractivity contribution in [3.05, 3.63) is 45.6 Å². The molecule has 4 N–H and O–H groups in total. The Balaban J connectivity index is 1.64. The van der Waals surface area contributed by atoms with E-state index in [1.54, 1.807) is 11.3 Å². The van der Waals surface area contributed by atoms with Crippen LogP contribution in [0.2, 0.25) is 0 Å². The van der Waals surface area contributed by atoms with Crippen molar-refractivity contribution >= 4 is 39.8 Å². The van der Waals surface area contributed by atoms with Crippen LogP contribution in [0.4, 0.5) is 9.93 Å². The summed E-state index contributed by atoms with van der Waals surface area (Å²) in [6.07, 6.45) is 2.39. The number of carbonyl (C=O) groups excluding carboxylic acids is 2. The van der Waals surface area contributed by atoms with E-state index < -0.39 is 17.6 Å². The van der Waals surface area contributed by atoms with Crippen LogP contribution in [0.5, 0.6) is 0 Å². The van der Waals surface area contributed by atoms with Crippen LogP contribution in [-0.4, -0.2) is 46.5 Å². The maximum Gasteiger partial charge on any atom is 0.413 e. The number of thiazole rings is 1. The minimum atomic E-state index is -0.698. The second-order valence-electron chi connectivity index (χ2n) is 9.93. The first-order valence-electron chi connectivity index (χ1n) is 11.8. The van der Waals surface area contributed by atoms with Crippen molar-refractivity contribution in [2.24, 2.45) is 16.7 Å². The average Bonchev–Trinajstić information content (AvgIpc) is 3.50. The third kappa shape index (κ3) is 5.02. The van der Waals surface area contributed by atoms with Crippen molar-refractivity contribution < 1.29 is 24.5 Å². The molecule has 2 aromatic rings. The highest BCUT2D eigenvalue weighted by atomic mass is 32.1. The monoisotopic (exact) mass is 519 g/mol. The van der Waals surface area contributed by atoms with E-state index in [-0.39, 0.29) is 42.8 Å². The van der Waals surface area contributed by atoms with Crippen LogP contribution >= 0.6 is 22.7 Å². The smallest absolute Gasteiger partial charge is 0.413 e. The van der Waals surface area contributed by atoms with Gasteiger partial charge in [-0.3, -0.25) is 10.1 Å². The molecule has 1 fully saturated rings. The average molecular weight is 520 g/mol. The van der Waals surface area contributed by atoms with Gasteiger partial charge >= 0.3 is 6.09 Å². The third-order valence-corrected chi connectivity index (χ3v) is 9.75.